The van der Waals surface area contributed by atoms with Gasteiger partial charge in [-0.3, -0.25) is 4.79 Å². The lowest BCUT2D eigenvalue weighted by Gasteiger charge is -2.40. The van der Waals surface area contributed by atoms with E-state index in [4.69, 9.17) is 37.1 Å². The van der Waals surface area contributed by atoms with Crippen LogP contribution in [0.5, 0.6) is 0 Å². The van der Waals surface area contributed by atoms with Crippen LogP contribution < -0.4 is 30.2 Å². The summed E-state index contributed by atoms with van der Waals surface area (Å²) in [5, 5.41) is 20.9. The number of hydrogen-bond acceptors (Lipinski definition) is 8. The smallest absolute Gasteiger partial charge is 0.335 e. The van der Waals surface area contributed by atoms with Crippen molar-refractivity contribution in [3.8, 4) is 6.07 Å². The minimum atomic E-state index is -0.988. The van der Waals surface area contributed by atoms with Crippen LogP contribution in [-0.2, 0) is 27.1 Å². The van der Waals surface area contributed by atoms with Crippen LogP contribution in [0.1, 0.15) is 101 Å². The van der Waals surface area contributed by atoms with Gasteiger partial charge in [0.05, 0.1) is 38.9 Å². The Balaban J connectivity index is 1.03. The first-order valence-electron chi connectivity index (χ1n) is 23.9. The normalized spacial score (nSPS) is 24.6. The Bertz CT molecular complexity index is 3360. The topological polar surface area (TPSA) is 120 Å². The number of aryl methyl sites for hydroxylation is 1. The molecule has 0 saturated carbocycles. The molecule has 0 aliphatic carbocycles. The van der Waals surface area contributed by atoms with Gasteiger partial charge in [0.2, 0.25) is 5.91 Å². The maximum atomic E-state index is 12.9. The van der Waals surface area contributed by atoms with E-state index in [1.807, 2.05) is 49.5 Å². The zero-order valence-corrected chi connectivity index (χ0v) is 42.7. The highest BCUT2D eigenvalue weighted by Crippen LogP contribution is 2.59. The lowest BCUT2D eigenvalue weighted by atomic mass is 9.79. The minimum absolute atomic E-state index is 0.217. The number of nitriles is 1. The van der Waals surface area contributed by atoms with E-state index in [1.165, 1.54) is 0 Å². The summed E-state index contributed by atoms with van der Waals surface area (Å²) in [5.74, 6) is -1.51. The summed E-state index contributed by atoms with van der Waals surface area (Å²) in [6.45, 7) is 40.9. The Hall–Kier alpha value is -7.48. The molecular weight excluding hydrogens is 902 g/mol. The predicted molar refractivity (Wildman–Crippen MR) is 288 cm³/mol. The number of allylic oxidation sites excluding steroid dienone is 1. The number of carboxylic acids is 1. The van der Waals surface area contributed by atoms with Crippen molar-refractivity contribution in [1.29, 1.82) is 5.26 Å². The standard InChI is InChI=1S/C60H60ClN7O3/c1-34-14-19-51-45(24-34)58(10,32-68-39(6)60(12,47-26-41(54(63)69)16-21-53(47)68)31-65-35(2)56(7,8)44-27-42(55(70)71)17-22-50(44)65)37(4)67(51)33-59(11)38(5)66(52-20-15-40(29-62)25-46(52)59)30-57(9)36(3)64(13)49-23-18-43(61)28-48(49)57/h14-28H,2-6,30-33H2,1,7-13H3,(H2,63,69)(H,70,71). The van der Waals surface area contributed by atoms with Crippen LogP contribution in [0.25, 0.3) is 0 Å². The molecule has 71 heavy (non-hydrogen) atoms. The largest absolute Gasteiger partial charge is 0.478 e. The van der Waals surface area contributed by atoms with Gasteiger partial charge in [-0.2, -0.15) is 5.26 Å². The zero-order chi connectivity index (χ0) is 51.2. The molecule has 0 radical (unpaired) electrons. The Labute approximate surface area is 422 Å². The number of amides is 1. The van der Waals surface area contributed by atoms with Crippen LogP contribution in [0.3, 0.4) is 0 Å². The predicted octanol–water partition coefficient (Wildman–Crippen LogP) is 11.7. The van der Waals surface area contributed by atoms with E-state index in [2.05, 4.69) is 123 Å². The summed E-state index contributed by atoms with van der Waals surface area (Å²) in [7, 11) is 2.05. The molecule has 10 nitrogen and oxygen atoms in total. The van der Waals surface area contributed by atoms with E-state index in [0.717, 1.165) is 90.3 Å². The van der Waals surface area contributed by atoms with Crippen LogP contribution in [0.15, 0.2) is 152 Å². The lowest BCUT2D eigenvalue weighted by molar-refractivity contribution is 0.0696. The molecule has 11 heteroatoms. The van der Waals surface area contributed by atoms with Crippen LogP contribution in [0, 0.1) is 18.3 Å². The maximum absolute atomic E-state index is 12.9. The molecule has 360 valence electrons. The van der Waals surface area contributed by atoms with Crippen molar-refractivity contribution in [2.75, 3.05) is 57.7 Å². The van der Waals surface area contributed by atoms with Crippen molar-refractivity contribution < 1.29 is 14.7 Å². The molecule has 4 atom stereocenters. The third-order valence-electron chi connectivity index (χ3n) is 17.2. The third-order valence-corrected chi connectivity index (χ3v) is 17.4. The van der Waals surface area contributed by atoms with Gasteiger partial charge in [0, 0.05) is 106 Å². The molecule has 0 aromatic heterocycles. The SMILES string of the molecule is C=C1N(CC2(C)C(=C)N(CC3(C)C(=C)N(CC4(C)C(=C)N(CC5(C)C(=C)N(C)c6ccc(Cl)cc65)c5ccc(C#N)cc54)c4ccc(C)cc43)c3ccc(C(N)=O)cc32)c2ccc(C(=O)O)cc2C1(C)C. The van der Waals surface area contributed by atoms with Crippen molar-refractivity contribution in [3.05, 3.63) is 207 Å². The fourth-order valence-electron chi connectivity index (χ4n) is 12.4. The Morgan fingerprint density at radius 3 is 1.49 bits per heavy atom. The molecule has 1 amide bonds. The van der Waals surface area contributed by atoms with Gasteiger partial charge in [0.25, 0.3) is 0 Å². The highest BCUT2D eigenvalue weighted by atomic mass is 35.5. The number of nitrogens with two attached hydrogens (primary N) is 1. The number of aromatic carboxylic acids is 1. The molecule has 5 aromatic rings. The van der Waals surface area contributed by atoms with Crippen LogP contribution in [-0.4, -0.2) is 50.2 Å². The molecule has 5 aromatic carbocycles. The number of rotatable bonds is 10. The maximum Gasteiger partial charge on any atom is 0.335 e. The number of fused-ring (bicyclic) bond motifs is 5. The number of likely N-dealkylation sites (N-methyl/N-ethyl adjacent to an activating group) is 1. The summed E-state index contributed by atoms with van der Waals surface area (Å²) < 4.78 is 0. The van der Waals surface area contributed by atoms with Gasteiger partial charge >= 0.3 is 5.97 Å². The molecule has 0 saturated heterocycles. The first kappa shape index (κ1) is 47.2. The van der Waals surface area contributed by atoms with E-state index < -0.39 is 39.0 Å². The van der Waals surface area contributed by atoms with E-state index in [0.29, 0.717) is 42.3 Å². The van der Waals surface area contributed by atoms with Gasteiger partial charge in [0.1, 0.15) is 0 Å². The highest BCUT2D eigenvalue weighted by molar-refractivity contribution is 6.30. The summed E-state index contributed by atoms with van der Waals surface area (Å²) in [5.41, 5.74) is 19.4. The Morgan fingerprint density at radius 2 is 0.972 bits per heavy atom. The summed E-state index contributed by atoms with van der Waals surface area (Å²) >= 11 is 6.66. The second-order valence-corrected chi connectivity index (χ2v) is 22.2. The second-order valence-electron chi connectivity index (χ2n) is 21.7. The third kappa shape index (κ3) is 6.51. The van der Waals surface area contributed by atoms with Gasteiger partial charge in [0.15, 0.2) is 0 Å². The number of nitrogens with zero attached hydrogens (tertiary/aromatic N) is 6. The van der Waals surface area contributed by atoms with Crippen LogP contribution >= 0.6 is 11.6 Å². The lowest BCUT2D eigenvalue weighted by Crippen LogP contribution is -2.45. The highest BCUT2D eigenvalue weighted by Gasteiger charge is 2.55. The number of anilines is 5. The summed E-state index contributed by atoms with van der Waals surface area (Å²) in [4.78, 5) is 36.2. The van der Waals surface area contributed by atoms with Crippen molar-refractivity contribution in [2.45, 2.75) is 75.5 Å². The van der Waals surface area contributed by atoms with E-state index >= 15 is 0 Å². The minimum Gasteiger partial charge on any atom is -0.478 e. The van der Waals surface area contributed by atoms with Crippen molar-refractivity contribution in [2.24, 2.45) is 5.73 Å². The molecule has 5 heterocycles. The molecule has 10 rings (SSSR count). The first-order valence-corrected chi connectivity index (χ1v) is 24.3. The number of carboxylic acid groups (broad SMARTS) is 1. The van der Waals surface area contributed by atoms with Gasteiger partial charge < -0.3 is 35.3 Å². The fourth-order valence-corrected chi connectivity index (χ4v) is 12.6. The van der Waals surface area contributed by atoms with E-state index in [1.54, 1.807) is 18.2 Å². The monoisotopic (exact) mass is 961 g/mol. The second kappa shape index (κ2) is 15.5. The molecule has 0 fully saturated rings. The molecule has 5 aliphatic heterocycles. The van der Waals surface area contributed by atoms with Crippen molar-refractivity contribution in [1.82, 2.24) is 0 Å². The van der Waals surface area contributed by atoms with Gasteiger partial charge in [-0.25, -0.2) is 4.79 Å². The number of primary amides is 1. The zero-order valence-electron chi connectivity index (χ0n) is 41.9. The average molecular weight is 963 g/mol. The Morgan fingerprint density at radius 1 is 0.563 bits per heavy atom. The Kier molecular flexibility index (Phi) is 10.3. The molecular formula is C60H60ClN7O3. The van der Waals surface area contributed by atoms with Gasteiger partial charge in [-0.1, -0.05) is 76.0 Å². The van der Waals surface area contributed by atoms with Crippen molar-refractivity contribution >= 4 is 51.9 Å². The fraction of sp³-hybridized carbons (Fsp3) is 0.283. The van der Waals surface area contributed by atoms with Crippen LogP contribution in [0.2, 0.25) is 5.02 Å². The molecule has 5 aliphatic rings. The van der Waals surface area contributed by atoms with Gasteiger partial charge in [-0.15, -0.1) is 0 Å². The number of carbonyl (C=O) groups excluding carboxylic acids is 1. The van der Waals surface area contributed by atoms with E-state index in [-0.39, 0.29) is 5.56 Å². The van der Waals surface area contributed by atoms with E-state index in [9.17, 15) is 20.0 Å². The number of halogens is 1. The molecule has 0 spiro atoms. The molecule has 4 unspecified atom stereocenters. The summed E-state index contributed by atoms with van der Waals surface area (Å²) in [6, 6.07) is 31.9. The number of hydrogen-bond donors (Lipinski definition) is 2. The quantitative estimate of drug-likeness (QED) is 0.141. The molecule has 0 bridgehead atoms. The van der Waals surface area contributed by atoms with Gasteiger partial charge in [-0.05, 0) is 141 Å². The summed E-state index contributed by atoms with van der Waals surface area (Å²) in [6.07, 6.45) is 0. The van der Waals surface area contributed by atoms with Crippen molar-refractivity contribution in [3.63, 3.8) is 0 Å². The average Bonchev–Trinajstić information content (AvgIpc) is 3.90. The molecule has 3 N–H and O–H groups in total. The van der Waals surface area contributed by atoms with Crippen LogP contribution in [0.4, 0.5) is 28.4 Å². The first-order chi connectivity index (χ1) is 33.3. The number of benzene rings is 5. The number of carbonyl (C=O) groups is 2.